The molecule has 1 N–H and O–H groups in total. The standard InChI is InChI=1S/C20H24N4OS/c1-13-4-6-16(7-5-13)10-21-20-22-17-8-9-26-18(17)19(23-20)24-11-14(2)25-15(3)12-24/h4-9,14-15H,10-12H2,1-3H3,(H,21,22,23)/t14-,15+. The Balaban J connectivity index is 1.61. The highest BCUT2D eigenvalue weighted by molar-refractivity contribution is 7.17. The number of benzene rings is 1. The molecule has 1 fully saturated rings. The summed E-state index contributed by atoms with van der Waals surface area (Å²) in [6.07, 6.45) is 0.403. The molecule has 2 aromatic heterocycles. The third-order valence-corrected chi connectivity index (χ3v) is 5.48. The average Bonchev–Trinajstić information content (AvgIpc) is 3.08. The van der Waals surface area contributed by atoms with E-state index in [1.807, 2.05) is 0 Å². The zero-order chi connectivity index (χ0) is 18.1. The maximum atomic E-state index is 5.88. The first-order chi connectivity index (χ1) is 12.6. The number of anilines is 2. The summed E-state index contributed by atoms with van der Waals surface area (Å²) >= 11 is 1.70. The number of nitrogens with zero attached hydrogens (tertiary/aromatic N) is 3. The number of aryl methyl sites for hydroxylation is 1. The molecule has 0 bridgehead atoms. The third-order valence-electron chi connectivity index (χ3n) is 4.58. The van der Waals surface area contributed by atoms with Crippen molar-refractivity contribution < 1.29 is 4.74 Å². The van der Waals surface area contributed by atoms with Crippen LogP contribution in [0.1, 0.15) is 25.0 Å². The lowest BCUT2D eigenvalue weighted by Gasteiger charge is -2.36. The molecule has 1 aromatic carbocycles. The molecule has 0 unspecified atom stereocenters. The predicted octanol–water partition coefficient (Wildman–Crippen LogP) is 4.23. The van der Waals surface area contributed by atoms with Gasteiger partial charge >= 0.3 is 0 Å². The Morgan fingerprint density at radius 3 is 2.58 bits per heavy atom. The molecule has 0 radical (unpaired) electrons. The summed E-state index contributed by atoms with van der Waals surface area (Å²) < 4.78 is 7.02. The van der Waals surface area contributed by atoms with Crippen molar-refractivity contribution in [1.29, 1.82) is 0 Å². The lowest BCUT2D eigenvalue weighted by molar-refractivity contribution is -0.00535. The number of nitrogens with one attached hydrogen (secondary N) is 1. The van der Waals surface area contributed by atoms with Gasteiger partial charge in [0.05, 0.1) is 22.4 Å². The summed E-state index contributed by atoms with van der Waals surface area (Å²) in [7, 11) is 0. The highest BCUT2D eigenvalue weighted by Gasteiger charge is 2.25. The SMILES string of the molecule is Cc1ccc(CNc2nc(N3C[C@@H](C)O[C@@H](C)C3)c3sccc3n2)cc1. The Morgan fingerprint density at radius 2 is 1.85 bits per heavy atom. The molecule has 1 aliphatic heterocycles. The smallest absolute Gasteiger partial charge is 0.225 e. The van der Waals surface area contributed by atoms with Gasteiger partial charge in [0, 0.05) is 19.6 Å². The van der Waals surface area contributed by atoms with Crippen LogP contribution in [-0.4, -0.2) is 35.3 Å². The molecule has 4 rings (SSSR count). The first kappa shape index (κ1) is 17.2. The van der Waals surface area contributed by atoms with Gasteiger partial charge in [0.25, 0.3) is 0 Å². The fraction of sp³-hybridized carbons (Fsp3) is 0.400. The quantitative estimate of drug-likeness (QED) is 0.747. The lowest BCUT2D eigenvalue weighted by atomic mass is 10.1. The highest BCUT2D eigenvalue weighted by Crippen LogP contribution is 2.31. The fourth-order valence-electron chi connectivity index (χ4n) is 3.38. The molecule has 0 aliphatic carbocycles. The Kier molecular flexibility index (Phi) is 4.78. The highest BCUT2D eigenvalue weighted by atomic mass is 32.1. The van der Waals surface area contributed by atoms with E-state index in [0.29, 0.717) is 12.5 Å². The van der Waals surface area contributed by atoms with Crippen molar-refractivity contribution in [3.05, 3.63) is 46.8 Å². The Hall–Kier alpha value is -2.18. The van der Waals surface area contributed by atoms with Crippen molar-refractivity contribution in [3.63, 3.8) is 0 Å². The van der Waals surface area contributed by atoms with E-state index in [-0.39, 0.29) is 12.2 Å². The minimum atomic E-state index is 0.202. The van der Waals surface area contributed by atoms with Gasteiger partial charge in [0.1, 0.15) is 0 Å². The normalized spacial score (nSPS) is 20.5. The van der Waals surface area contributed by atoms with Crippen molar-refractivity contribution in [2.24, 2.45) is 0 Å². The fourth-order valence-corrected chi connectivity index (χ4v) is 4.23. The second kappa shape index (κ2) is 7.21. The molecular weight excluding hydrogens is 344 g/mol. The van der Waals surface area contributed by atoms with Gasteiger partial charge in [0.15, 0.2) is 5.82 Å². The molecule has 26 heavy (non-hydrogen) atoms. The van der Waals surface area contributed by atoms with E-state index in [4.69, 9.17) is 14.7 Å². The molecule has 2 atom stereocenters. The second-order valence-corrected chi connectivity index (χ2v) is 7.92. The molecule has 1 aliphatic rings. The first-order valence-corrected chi connectivity index (χ1v) is 9.91. The van der Waals surface area contributed by atoms with Crippen LogP contribution in [0.5, 0.6) is 0 Å². The van der Waals surface area contributed by atoms with Crippen LogP contribution in [0.3, 0.4) is 0 Å². The number of hydrogen-bond acceptors (Lipinski definition) is 6. The molecule has 0 saturated carbocycles. The van der Waals surface area contributed by atoms with E-state index < -0.39 is 0 Å². The molecule has 0 spiro atoms. The minimum Gasteiger partial charge on any atom is -0.372 e. The molecular formula is C20H24N4OS. The van der Waals surface area contributed by atoms with Gasteiger partial charge in [-0.15, -0.1) is 11.3 Å². The molecule has 3 heterocycles. The predicted molar refractivity (Wildman–Crippen MR) is 108 cm³/mol. The van der Waals surface area contributed by atoms with Crippen LogP contribution in [0.4, 0.5) is 11.8 Å². The van der Waals surface area contributed by atoms with Gasteiger partial charge in [-0.1, -0.05) is 29.8 Å². The Morgan fingerprint density at radius 1 is 1.12 bits per heavy atom. The summed E-state index contributed by atoms with van der Waals surface area (Å²) in [5.74, 6) is 1.69. The number of morpholine rings is 1. The summed E-state index contributed by atoms with van der Waals surface area (Å²) in [6.45, 7) is 8.75. The van der Waals surface area contributed by atoms with Gasteiger partial charge in [-0.05, 0) is 37.8 Å². The van der Waals surface area contributed by atoms with Crippen LogP contribution < -0.4 is 10.2 Å². The van der Waals surface area contributed by atoms with Crippen molar-refractivity contribution >= 4 is 33.3 Å². The minimum absolute atomic E-state index is 0.202. The number of thiophene rings is 1. The van der Waals surface area contributed by atoms with Gasteiger partial charge in [0.2, 0.25) is 5.95 Å². The molecule has 3 aromatic rings. The average molecular weight is 369 g/mol. The van der Waals surface area contributed by atoms with Crippen molar-refractivity contribution in [3.8, 4) is 0 Å². The number of fused-ring (bicyclic) bond motifs is 1. The van der Waals surface area contributed by atoms with E-state index in [9.17, 15) is 0 Å². The van der Waals surface area contributed by atoms with E-state index in [2.05, 4.69) is 66.7 Å². The maximum Gasteiger partial charge on any atom is 0.225 e. The molecule has 1 saturated heterocycles. The van der Waals surface area contributed by atoms with E-state index >= 15 is 0 Å². The van der Waals surface area contributed by atoms with Crippen LogP contribution >= 0.6 is 11.3 Å². The lowest BCUT2D eigenvalue weighted by Crippen LogP contribution is -2.46. The van der Waals surface area contributed by atoms with Crippen molar-refractivity contribution in [1.82, 2.24) is 9.97 Å². The molecule has 136 valence electrons. The largest absolute Gasteiger partial charge is 0.372 e. The first-order valence-electron chi connectivity index (χ1n) is 9.03. The van der Waals surface area contributed by atoms with Gasteiger partial charge in [-0.3, -0.25) is 0 Å². The molecule has 5 nitrogen and oxygen atoms in total. The third kappa shape index (κ3) is 3.66. The van der Waals surface area contributed by atoms with Crippen LogP contribution in [-0.2, 0) is 11.3 Å². The van der Waals surface area contributed by atoms with Gasteiger partial charge in [-0.2, -0.15) is 4.98 Å². The van der Waals surface area contributed by atoms with Crippen LogP contribution in [0, 0.1) is 6.92 Å². The summed E-state index contributed by atoms with van der Waals surface area (Å²) in [5.41, 5.74) is 3.49. The molecule has 0 amide bonds. The maximum absolute atomic E-state index is 5.88. The van der Waals surface area contributed by atoms with Crippen molar-refractivity contribution in [2.75, 3.05) is 23.3 Å². The number of rotatable bonds is 4. The molecule has 6 heteroatoms. The zero-order valence-electron chi connectivity index (χ0n) is 15.4. The van der Waals surface area contributed by atoms with Crippen LogP contribution in [0.2, 0.25) is 0 Å². The van der Waals surface area contributed by atoms with E-state index in [0.717, 1.165) is 29.1 Å². The Labute approximate surface area is 158 Å². The number of hydrogen-bond donors (Lipinski definition) is 1. The second-order valence-electron chi connectivity index (χ2n) is 7.01. The van der Waals surface area contributed by atoms with Gasteiger partial charge in [-0.25, -0.2) is 4.98 Å². The van der Waals surface area contributed by atoms with E-state index in [1.165, 1.54) is 11.1 Å². The Bertz CT molecular complexity index is 882. The van der Waals surface area contributed by atoms with Crippen LogP contribution in [0.15, 0.2) is 35.7 Å². The monoisotopic (exact) mass is 368 g/mol. The van der Waals surface area contributed by atoms with Gasteiger partial charge < -0.3 is 15.0 Å². The zero-order valence-corrected chi connectivity index (χ0v) is 16.2. The van der Waals surface area contributed by atoms with E-state index in [1.54, 1.807) is 11.3 Å². The number of aromatic nitrogens is 2. The van der Waals surface area contributed by atoms with Crippen LogP contribution in [0.25, 0.3) is 10.2 Å². The summed E-state index contributed by atoms with van der Waals surface area (Å²) in [6, 6.07) is 10.6. The summed E-state index contributed by atoms with van der Waals surface area (Å²) in [4.78, 5) is 11.9. The number of ether oxygens (including phenoxy) is 1. The van der Waals surface area contributed by atoms with Crippen molar-refractivity contribution in [2.45, 2.75) is 39.5 Å². The topological polar surface area (TPSA) is 50.3 Å². The summed E-state index contributed by atoms with van der Waals surface area (Å²) in [5, 5.41) is 5.47.